The third kappa shape index (κ3) is 10.2. The van der Waals surface area contributed by atoms with Gasteiger partial charge in [0, 0.05) is 42.1 Å². The molecule has 13 nitrogen and oxygen atoms in total. The number of amides is 3. The minimum atomic E-state index is -2.43. The Hall–Kier alpha value is -3.88. The highest BCUT2D eigenvalue weighted by Gasteiger charge is 2.52. The van der Waals surface area contributed by atoms with Crippen LogP contribution in [0.15, 0.2) is 47.1 Å². The minimum absolute atomic E-state index is 0.0236. The molecule has 0 bridgehead atoms. The average Bonchev–Trinajstić information content (AvgIpc) is 3.61. The zero-order valence-corrected chi connectivity index (χ0v) is 40.0. The van der Waals surface area contributed by atoms with E-state index in [4.69, 9.17) is 13.7 Å². The standard InChI is InChI=1S/C44H64BBrN6O7Si/c1-27(2)60(28(3)4,29(5)6)57-34-19-30(18-32(21-34)45-58-43(9,10)44(11,12)59-45)20-37(49-41(55)56)40(54)52-17-13-14-36(50-52)39(53)48-25-42(7,8)26-51-24-31(23-47)35-16-15-33(46)22-38(35)51/h15-16,18-19,21-22,24,27-29,36-37,49-50H,13-14,17,20,25-26H2,1-12H3,(H,48,53)(H,55,56)/t36-,37?/m0/s1. The highest BCUT2D eigenvalue weighted by atomic mass is 79.9. The van der Waals surface area contributed by atoms with Crippen molar-refractivity contribution < 1.29 is 33.2 Å². The van der Waals surface area contributed by atoms with E-state index in [2.05, 4.69) is 79.6 Å². The Morgan fingerprint density at radius 3 is 2.27 bits per heavy atom. The van der Waals surface area contributed by atoms with E-state index in [1.54, 1.807) is 0 Å². The van der Waals surface area contributed by atoms with Gasteiger partial charge in [0.2, 0.25) is 5.91 Å². The Morgan fingerprint density at radius 2 is 1.68 bits per heavy atom. The van der Waals surface area contributed by atoms with Crippen LogP contribution in [0.2, 0.25) is 16.6 Å². The first kappa shape index (κ1) is 47.2. The number of hydrogen-bond donors (Lipinski definition) is 4. The summed E-state index contributed by atoms with van der Waals surface area (Å²) in [6.45, 7) is 26.5. The number of benzene rings is 2. The van der Waals surface area contributed by atoms with Gasteiger partial charge in [0.05, 0.1) is 22.3 Å². The Kier molecular flexibility index (Phi) is 14.3. The molecule has 2 fully saturated rings. The first-order chi connectivity index (χ1) is 27.9. The molecule has 2 saturated heterocycles. The zero-order valence-electron chi connectivity index (χ0n) is 37.4. The number of nitrogens with one attached hydrogen (secondary N) is 3. The normalized spacial score (nSPS) is 18.6. The predicted octanol–water partition coefficient (Wildman–Crippen LogP) is 7.65. The first-order valence-electron chi connectivity index (χ1n) is 21.1. The fourth-order valence-electron chi connectivity index (χ4n) is 8.89. The SMILES string of the molecule is CC(C)[Si](Oc1cc(CC(NC(=O)O)C(=O)N2CCC[C@@H](C(=O)NCC(C)(C)Cn3cc(C#N)c4ccc(Br)cc43)N2)cc(B2OC(C)(C)C(C)(C)O2)c1)(C(C)C)C(C)C. The van der Waals surface area contributed by atoms with Gasteiger partial charge in [-0.3, -0.25) is 14.6 Å². The smallest absolute Gasteiger partial charge is 0.494 e. The van der Waals surface area contributed by atoms with Crippen molar-refractivity contribution >= 4 is 65.6 Å². The van der Waals surface area contributed by atoms with Crippen LogP contribution in [-0.4, -0.2) is 84.4 Å². The quantitative estimate of drug-likeness (QED) is 0.112. The molecule has 0 spiro atoms. The Balaban J connectivity index is 1.35. The number of carbonyl (C=O) groups excluding carboxylic acids is 2. The van der Waals surface area contributed by atoms with E-state index in [-0.39, 0.29) is 12.3 Å². The summed E-state index contributed by atoms with van der Waals surface area (Å²) in [5.74, 6) is -0.111. The van der Waals surface area contributed by atoms with Gasteiger partial charge in [-0.05, 0) is 97.9 Å². The molecule has 16 heteroatoms. The molecule has 1 aromatic heterocycles. The molecule has 3 amide bonds. The number of nitriles is 1. The van der Waals surface area contributed by atoms with E-state index in [0.717, 1.165) is 20.8 Å². The number of hydrogen-bond acceptors (Lipinski definition) is 8. The van der Waals surface area contributed by atoms with Gasteiger partial charge in [0.1, 0.15) is 23.9 Å². The van der Waals surface area contributed by atoms with E-state index >= 15 is 0 Å². The molecule has 0 radical (unpaired) electrons. The third-order valence-electron chi connectivity index (χ3n) is 12.6. The van der Waals surface area contributed by atoms with Crippen molar-refractivity contribution in [2.24, 2.45) is 5.41 Å². The molecule has 0 aliphatic carbocycles. The van der Waals surface area contributed by atoms with Crippen molar-refractivity contribution in [1.29, 1.82) is 5.26 Å². The molecule has 326 valence electrons. The van der Waals surface area contributed by atoms with Crippen LogP contribution in [0.25, 0.3) is 10.9 Å². The average molecular weight is 908 g/mol. The van der Waals surface area contributed by atoms with Crippen molar-refractivity contribution in [2.45, 2.75) is 149 Å². The molecule has 2 aromatic carbocycles. The highest BCUT2D eigenvalue weighted by molar-refractivity contribution is 9.10. The molecule has 3 heterocycles. The van der Waals surface area contributed by atoms with Crippen LogP contribution < -0.4 is 25.9 Å². The van der Waals surface area contributed by atoms with Gasteiger partial charge < -0.3 is 34.0 Å². The van der Waals surface area contributed by atoms with Gasteiger partial charge in [-0.15, -0.1) is 0 Å². The Morgan fingerprint density at radius 1 is 1.05 bits per heavy atom. The largest absolute Gasteiger partial charge is 0.543 e. The molecule has 0 saturated carbocycles. The number of fused-ring (bicyclic) bond motifs is 1. The summed E-state index contributed by atoms with van der Waals surface area (Å²) in [7, 11) is -3.13. The van der Waals surface area contributed by atoms with Gasteiger partial charge in [-0.25, -0.2) is 10.2 Å². The monoisotopic (exact) mass is 906 g/mol. The summed E-state index contributed by atoms with van der Waals surface area (Å²) >= 11 is 3.54. The molecule has 2 atom stereocenters. The summed E-state index contributed by atoms with van der Waals surface area (Å²) in [4.78, 5) is 40.2. The third-order valence-corrected chi connectivity index (χ3v) is 19.1. The number of nitrogens with zero attached hydrogens (tertiary/aromatic N) is 3. The molecule has 1 unspecified atom stereocenters. The predicted molar refractivity (Wildman–Crippen MR) is 242 cm³/mol. The lowest BCUT2D eigenvalue weighted by Gasteiger charge is -2.42. The van der Waals surface area contributed by atoms with Crippen LogP contribution in [0.3, 0.4) is 0 Å². The van der Waals surface area contributed by atoms with Crippen LogP contribution in [0, 0.1) is 16.7 Å². The van der Waals surface area contributed by atoms with Crippen LogP contribution in [-0.2, 0) is 31.9 Å². The van der Waals surface area contributed by atoms with Crippen LogP contribution in [0.1, 0.15) is 107 Å². The molecule has 3 aromatic rings. The zero-order chi connectivity index (χ0) is 44.5. The van der Waals surface area contributed by atoms with E-state index < -0.39 is 56.1 Å². The molecule has 2 aliphatic rings. The maximum absolute atomic E-state index is 14.3. The lowest BCUT2D eigenvalue weighted by Crippen LogP contribution is -2.61. The van der Waals surface area contributed by atoms with E-state index in [1.807, 2.05) is 88.7 Å². The first-order valence-corrected chi connectivity index (χ1v) is 24.0. The lowest BCUT2D eigenvalue weighted by molar-refractivity contribution is -0.141. The second kappa shape index (κ2) is 18.2. The van der Waals surface area contributed by atoms with Crippen LogP contribution in [0.5, 0.6) is 5.75 Å². The molecule has 5 rings (SSSR count). The fraction of sp³-hybridized carbons (Fsp3) is 0.591. The number of halogens is 1. The lowest BCUT2D eigenvalue weighted by atomic mass is 9.78. The topological polar surface area (TPSA) is 167 Å². The van der Waals surface area contributed by atoms with Gasteiger partial charge >= 0.3 is 13.2 Å². The van der Waals surface area contributed by atoms with Crippen molar-refractivity contribution in [3.63, 3.8) is 0 Å². The van der Waals surface area contributed by atoms with Gasteiger partial charge in [-0.2, -0.15) is 5.26 Å². The Labute approximate surface area is 365 Å². The van der Waals surface area contributed by atoms with Crippen LogP contribution >= 0.6 is 15.9 Å². The van der Waals surface area contributed by atoms with Crippen molar-refractivity contribution in [3.05, 3.63) is 58.2 Å². The van der Waals surface area contributed by atoms with E-state index in [0.29, 0.717) is 66.0 Å². The van der Waals surface area contributed by atoms with Gasteiger partial charge in [-0.1, -0.05) is 83.5 Å². The minimum Gasteiger partial charge on any atom is -0.543 e. The van der Waals surface area contributed by atoms with Crippen LogP contribution in [0.4, 0.5) is 4.79 Å². The highest BCUT2D eigenvalue weighted by Crippen LogP contribution is 2.43. The van der Waals surface area contributed by atoms with Crippen molar-refractivity contribution in [1.82, 2.24) is 25.6 Å². The van der Waals surface area contributed by atoms with Gasteiger partial charge in [0.25, 0.3) is 14.2 Å². The van der Waals surface area contributed by atoms with E-state index in [9.17, 15) is 24.8 Å². The summed E-state index contributed by atoms with van der Waals surface area (Å²) in [5.41, 5.74) is 5.33. The second-order valence-corrected chi connectivity index (χ2v) is 25.6. The summed E-state index contributed by atoms with van der Waals surface area (Å²) in [5, 5.41) is 27.5. The number of carbonyl (C=O) groups is 3. The van der Waals surface area contributed by atoms with E-state index in [1.165, 1.54) is 5.01 Å². The Bertz CT molecular complexity index is 2080. The molecular formula is C44H64BBrN6O7Si. The molecule has 60 heavy (non-hydrogen) atoms. The molecular weight excluding hydrogens is 843 g/mol. The maximum Gasteiger partial charge on any atom is 0.494 e. The molecule has 2 aliphatic heterocycles. The number of rotatable bonds is 15. The summed E-state index contributed by atoms with van der Waals surface area (Å²) in [6.07, 6.45) is 1.57. The summed E-state index contributed by atoms with van der Waals surface area (Å²) < 4.78 is 23.0. The van der Waals surface area contributed by atoms with Gasteiger partial charge in [0.15, 0.2) is 0 Å². The molecule has 4 N–H and O–H groups in total. The van der Waals surface area contributed by atoms with Crippen molar-refractivity contribution in [2.75, 3.05) is 13.1 Å². The number of aromatic nitrogens is 1. The van der Waals surface area contributed by atoms with Crippen molar-refractivity contribution in [3.8, 4) is 11.8 Å². The fourth-order valence-corrected chi connectivity index (χ4v) is 14.5. The second-order valence-electron chi connectivity index (χ2n) is 19.3. The number of hydrazine groups is 1. The summed E-state index contributed by atoms with van der Waals surface area (Å²) in [6, 6.07) is 12.0. The maximum atomic E-state index is 14.3. The number of carboxylic acid groups (broad SMARTS) is 1.